The van der Waals surface area contributed by atoms with Crippen molar-refractivity contribution in [2.24, 2.45) is 0 Å². The number of nitrogen functional groups attached to an aromatic ring is 1. The fourth-order valence-corrected chi connectivity index (χ4v) is 4.21. The maximum atomic E-state index is 12.7. The van der Waals surface area contributed by atoms with Gasteiger partial charge in [0.05, 0.1) is 17.7 Å². The number of nitrogens with zero attached hydrogens (tertiary/aromatic N) is 1. The largest absolute Gasteiger partial charge is 0.398 e. The van der Waals surface area contributed by atoms with E-state index in [1.165, 1.54) is 10.4 Å². The summed E-state index contributed by atoms with van der Waals surface area (Å²) in [4.78, 5) is 0.0685. The minimum Gasteiger partial charge on any atom is -0.398 e. The van der Waals surface area contributed by atoms with Crippen LogP contribution < -0.4 is 5.73 Å². The highest BCUT2D eigenvalue weighted by Crippen LogP contribution is 2.30. The van der Waals surface area contributed by atoms with Gasteiger partial charge in [0, 0.05) is 18.8 Å². The first-order valence-corrected chi connectivity index (χ1v) is 8.35. The molecule has 0 aliphatic carbocycles. The molecule has 112 valence electrons. The minimum absolute atomic E-state index is 0.0685. The molecule has 1 aromatic rings. The lowest BCUT2D eigenvalue weighted by molar-refractivity contribution is -0.00277. The molecular weight excluding hydrogens is 300 g/mol. The van der Waals surface area contributed by atoms with Gasteiger partial charge >= 0.3 is 0 Å². The SMILES string of the molecule is CCC1CN(S(=O)(=O)c2cc(N)c(C)cc2Cl)CCO1. The molecule has 1 aliphatic rings. The number of hydrogen-bond acceptors (Lipinski definition) is 4. The van der Waals surface area contributed by atoms with E-state index in [2.05, 4.69) is 0 Å². The van der Waals surface area contributed by atoms with Crippen LogP contribution >= 0.6 is 11.6 Å². The van der Waals surface area contributed by atoms with Crippen LogP contribution in [0.4, 0.5) is 5.69 Å². The van der Waals surface area contributed by atoms with Gasteiger partial charge in [-0.25, -0.2) is 8.42 Å². The second-order valence-electron chi connectivity index (χ2n) is 4.90. The first-order chi connectivity index (χ1) is 9.36. The Balaban J connectivity index is 2.37. The molecule has 0 radical (unpaired) electrons. The fraction of sp³-hybridized carbons (Fsp3) is 0.538. The Morgan fingerprint density at radius 3 is 2.85 bits per heavy atom. The Kier molecular flexibility index (Phi) is 4.59. The third-order valence-corrected chi connectivity index (χ3v) is 5.83. The third kappa shape index (κ3) is 2.93. The first-order valence-electron chi connectivity index (χ1n) is 6.53. The van der Waals surface area contributed by atoms with Crippen molar-refractivity contribution in [2.45, 2.75) is 31.3 Å². The number of morpholine rings is 1. The van der Waals surface area contributed by atoms with Crippen LogP contribution in [0, 0.1) is 6.92 Å². The summed E-state index contributed by atoms with van der Waals surface area (Å²) in [6.07, 6.45) is 0.704. The number of hydrogen-bond donors (Lipinski definition) is 1. The molecule has 0 bridgehead atoms. The van der Waals surface area contributed by atoms with E-state index in [0.717, 1.165) is 12.0 Å². The first kappa shape index (κ1) is 15.6. The molecular formula is C13H19ClN2O3S. The Morgan fingerprint density at radius 1 is 1.50 bits per heavy atom. The topological polar surface area (TPSA) is 72.6 Å². The number of rotatable bonds is 3. The highest BCUT2D eigenvalue weighted by atomic mass is 35.5. The lowest BCUT2D eigenvalue weighted by Gasteiger charge is -2.31. The highest BCUT2D eigenvalue weighted by molar-refractivity contribution is 7.89. The van der Waals surface area contributed by atoms with Crippen molar-refractivity contribution >= 4 is 27.3 Å². The Labute approximate surface area is 124 Å². The summed E-state index contributed by atoms with van der Waals surface area (Å²) in [6.45, 7) is 4.85. The smallest absolute Gasteiger partial charge is 0.244 e. The van der Waals surface area contributed by atoms with Crippen LogP contribution in [-0.2, 0) is 14.8 Å². The molecule has 1 aliphatic heterocycles. The Morgan fingerprint density at radius 2 is 2.20 bits per heavy atom. The zero-order valence-electron chi connectivity index (χ0n) is 11.6. The number of sulfonamides is 1. The highest BCUT2D eigenvalue weighted by Gasteiger charge is 2.31. The van der Waals surface area contributed by atoms with Crippen molar-refractivity contribution in [3.8, 4) is 0 Å². The van der Waals surface area contributed by atoms with Gasteiger partial charge in [-0.2, -0.15) is 4.31 Å². The van der Waals surface area contributed by atoms with Gasteiger partial charge in [0.2, 0.25) is 10.0 Å². The van der Waals surface area contributed by atoms with Gasteiger partial charge in [-0.15, -0.1) is 0 Å². The molecule has 0 spiro atoms. The van der Waals surface area contributed by atoms with Crippen LogP contribution in [-0.4, -0.2) is 38.5 Å². The molecule has 0 aromatic heterocycles. The van der Waals surface area contributed by atoms with Gasteiger partial charge in [0.25, 0.3) is 0 Å². The van der Waals surface area contributed by atoms with Crippen LogP contribution in [0.2, 0.25) is 5.02 Å². The molecule has 2 N–H and O–H groups in total. The van der Waals surface area contributed by atoms with Crippen molar-refractivity contribution in [3.63, 3.8) is 0 Å². The van der Waals surface area contributed by atoms with Crippen LogP contribution in [0.3, 0.4) is 0 Å². The zero-order chi connectivity index (χ0) is 14.9. The quantitative estimate of drug-likeness (QED) is 0.865. The van der Waals surface area contributed by atoms with Crippen molar-refractivity contribution in [1.82, 2.24) is 4.31 Å². The molecule has 1 unspecified atom stereocenters. The van der Waals surface area contributed by atoms with Crippen molar-refractivity contribution < 1.29 is 13.2 Å². The van der Waals surface area contributed by atoms with E-state index in [0.29, 0.717) is 25.4 Å². The molecule has 1 heterocycles. The van der Waals surface area contributed by atoms with E-state index < -0.39 is 10.0 Å². The summed E-state index contributed by atoms with van der Waals surface area (Å²) < 4.78 is 32.2. The normalized spacial score (nSPS) is 21.1. The number of nitrogens with two attached hydrogens (primary N) is 1. The van der Waals surface area contributed by atoms with E-state index in [1.54, 1.807) is 13.0 Å². The summed E-state index contributed by atoms with van der Waals surface area (Å²) in [5.74, 6) is 0. The van der Waals surface area contributed by atoms with E-state index in [1.807, 2.05) is 6.92 Å². The second kappa shape index (κ2) is 5.89. The maximum absolute atomic E-state index is 12.7. The lowest BCUT2D eigenvalue weighted by Crippen LogP contribution is -2.45. The predicted molar refractivity (Wildman–Crippen MR) is 79.4 cm³/mol. The van der Waals surface area contributed by atoms with Crippen LogP contribution in [0.15, 0.2) is 17.0 Å². The van der Waals surface area contributed by atoms with E-state index >= 15 is 0 Å². The fourth-order valence-electron chi connectivity index (χ4n) is 2.16. The Bertz CT molecular complexity index is 604. The maximum Gasteiger partial charge on any atom is 0.244 e. The van der Waals surface area contributed by atoms with Gasteiger partial charge in [0.1, 0.15) is 4.90 Å². The zero-order valence-corrected chi connectivity index (χ0v) is 13.2. The van der Waals surface area contributed by atoms with E-state index in [4.69, 9.17) is 22.1 Å². The predicted octanol–water partition coefficient (Wildman–Crippen LogP) is 2.03. The summed E-state index contributed by atoms with van der Waals surface area (Å²) in [7, 11) is -3.63. The average Bonchev–Trinajstić information content (AvgIpc) is 2.42. The van der Waals surface area contributed by atoms with Crippen molar-refractivity contribution in [3.05, 3.63) is 22.7 Å². The second-order valence-corrected chi connectivity index (χ2v) is 7.22. The number of aryl methyl sites for hydroxylation is 1. The van der Waals surface area contributed by atoms with Gasteiger partial charge in [-0.1, -0.05) is 18.5 Å². The summed E-state index contributed by atoms with van der Waals surface area (Å²) in [5.41, 5.74) is 6.99. The lowest BCUT2D eigenvalue weighted by atomic mass is 10.2. The average molecular weight is 319 g/mol. The summed E-state index contributed by atoms with van der Waals surface area (Å²) in [5, 5.41) is 0.205. The number of ether oxygens (including phenoxy) is 1. The number of benzene rings is 1. The van der Waals surface area contributed by atoms with Crippen molar-refractivity contribution in [2.75, 3.05) is 25.4 Å². The molecule has 7 heteroatoms. The van der Waals surface area contributed by atoms with Gasteiger partial charge in [0.15, 0.2) is 0 Å². The number of halogens is 1. The molecule has 1 atom stereocenters. The molecule has 0 amide bonds. The molecule has 1 fully saturated rings. The van der Waals surface area contributed by atoms with Gasteiger partial charge in [-0.05, 0) is 31.0 Å². The minimum atomic E-state index is -3.63. The molecule has 5 nitrogen and oxygen atoms in total. The summed E-state index contributed by atoms with van der Waals surface area (Å²) in [6, 6.07) is 3.02. The standard InChI is InChI=1S/C13H19ClN2O3S/c1-3-10-8-16(4-5-19-10)20(17,18)13-7-12(15)9(2)6-11(13)14/h6-7,10H,3-5,8,15H2,1-2H3. The van der Waals surface area contributed by atoms with Crippen LogP contribution in [0.1, 0.15) is 18.9 Å². The molecule has 1 saturated heterocycles. The molecule has 0 saturated carbocycles. The molecule has 2 rings (SSSR count). The Hall–Kier alpha value is -0.820. The monoisotopic (exact) mass is 318 g/mol. The van der Waals surface area contributed by atoms with E-state index in [-0.39, 0.29) is 16.0 Å². The summed E-state index contributed by atoms with van der Waals surface area (Å²) >= 11 is 6.08. The molecule has 20 heavy (non-hydrogen) atoms. The van der Waals surface area contributed by atoms with Gasteiger partial charge < -0.3 is 10.5 Å². The van der Waals surface area contributed by atoms with Crippen LogP contribution in [0.25, 0.3) is 0 Å². The van der Waals surface area contributed by atoms with Gasteiger partial charge in [-0.3, -0.25) is 0 Å². The van der Waals surface area contributed by atoms with Crippen LogP contribution in [0.5, 0.6) is 0 Å². The van der Waals surface area contributed by atoms with E-state index in [9.17, 15) is 8.42 Å². The number of anilines is 1. The molecule has 1 aromatic carbocycles. The van der Waals surface area contributed by atoms with Crippen molar-refractivity contribution in [1.29, 1.82) is 0 Å². The third-order valence-electron chi connectivity index (χ3n) is 3.50.